The minimum atomic E-state index is -1.18. The molecular weight excluding hydrogens is 834 g/mol. The lowest BCUT2D eigenvalue weighted by molar-refractivity contribution is -0.156. The third-order valence-corrected chi connectivity index (χ3v) is 6.92. The Hall–Kier alpha value is -6.26. The molecule has 0 spiro atoms. The van der Waals surface area contributed by atoms with Crippen LogP contribution < -0.4 is 16.4 Å². The molecule has 21 heteroatoms. The molecule has 2 rings (SSSR count). The number of benzene rings is 2. The SMILES string of the molecule is CC(=O)C[C@H](CO)C(=O)NCc1ccccc1.CC(=O)C[C@H](CO)C(=O)O.CC(=O)O.CC(=O)OC(C)=O.COC[C@@H](CC(C)=O)C(=O)NCc1ccccc1.N[C@H](CO)C(=O)O. The third kappa shape index (κ3) is 43.6. The summed E-state index contributed by atoms with van der Waals surface area (Å²) in [4.78, 5) is 104. The molecule has 2 aromatic rings. The molecule has 4 atom stereocenters. The molecule has 21 nitrogen and oxygen atoms in total. The maximum absolute atomic E-state index is 11.9. The topological polar surface area (TPSA) is 361 Å². The van der Waals surface area contributed by atoms with Crippen LogP contribution in [0.3, 0.4) is 0 Å². The van der Waals surface area contributed by atoms with Gasteiger partial charge >= 0.3 is 23.9 Å². The van der Waals surface area contributed by atoms with E-state index in [1.54, 1.807) is 0 Å². The van der Waals surface area contributed by atoms with E-state index in [-0.39, 0.29) is 61.6 Å². The van der Waals surface area contributed by atoms with Gasteiger partial charge in [0.05, 0.1) is 44.2 Å². The zero-order chi connectivity index (χ0) is 49.5. The number of methoxy groups -OCH3 is 1. The number of aliphatic hydroxyl groups excluding tert-OH is 3. The number of carbonyl (C=O) groups is 10. The summed E-state index contributed by atoms with van der Waals surface area (Å²) in [6.07, 6.45) is 0.206. The fraction of sp³-hybridized carbons (Fsp3) is 0.476. The highest BCUT2D eigenvalue weighted by Gasteiger charge is 2.21. The number of esters is 2. The zero-order valence-corrected chi connectivity index (χ0v) is 36.6. The molecule has 0 heterocycles. The molecule has 0 saturated carbocycles. The van der Waals surface area contributed by atoms with Crippen LogP contribution in [-0.4, -0.2) is 129 Å². The van der Waals surface area contributed by atoms with Gasteiger partial charge in [-0.1, -0.05) is 60.7 Å². The van der Waals surface area contributed by atoms with Crippen LogP contribution in [0.5, 0.6) is 0 Å². The van der Waals surface area contributed by atoms with Gasteiger partial charge in [0.15, 0.2) is 0 Å². The number of rotatable bonds is 19. The lowest BCUT2D eigenvalue weighted by atomic mass is 10.0. The maximum Gasteiger partial charge on any atom is 0.322 e. The number of hydrogen-bond donors (Lipinski definition) is 9. The number of Topliss-reactive ketones (excluding diaryl/α,β-unsaturated/α-hetero) is 3. The number of aliphatic hydroxyl groups is 3. The average molecular weight is 898 g/mol. The molecule has 2 amide bonds. The average Bonchev–Trinajstić information content (AvgIpc) is 3.20. The van der Waals surface area contributed by atoms with Crippen molar-refractivity contribution < 1.29 is 88.1 Å². The molecule has 0 radical (unpaired) electrons. The van der Waals surface area contributed by atoms with Gasteiger partial charge < -0.3 is 70.9 Å². The van der Waals surface area contributed by atoms with Crippen molar-refractivity contribution in [2.45, 2.75) is 79.9 Å². The summed E-state index contributed by atoms with van der Waals surface area (Å²) in [7, 11) is 1.53. The van der Waals surface area contributed by atoms with Gasteiger partial charge in [0.25, 0.3) is 5.97 Å². The van der Waals surface area contributed by atoms with E-state index in [1.807, 2.05) is 60.7 Å². The molecule has 0 saturated heterocycles. The van der Waals surface area contributed by atoms with Crippen LogP contribution in [-0.2, 0) is 70.5 Å². The largest absolute Gasteiger partial charge is 0.481 e. The molecule has 63 heavy (non-hydrogen) atoms. The smallest absolute Gasteiger partial charge is 0.322 e. The number of nitrogens with two attached hydrogens (primary N) is 1. The van der Waals surface area contributed by atoms with Crippen molar-refractivity contribution in [1.29, 1.82) is 0 Å². The van der Waals surface area contributed by atoms with Crippen molar-refractivity contribution in [3.05, 3.63) is 71.8 Å². The highest BCUT2D eigenvalue weighted by molar-refractivity contribution is 5.86. The normalized spacial score (nSPS) is 11.3. The van der Waals surface area contributed by atoms with Crippen molar-refractivity contribution in [2.75, 3.05) is 33.5 Å². The number of ketones is 3. The summed E-state index contributed by atoms with van der Waals surface area (Å²) in [5, 5.41) is 54.6. The van der Waals surface area contributed by atoms with E-state index >= 15 is 0 Å². The van der Waals surface area contributed by atoms with Gasteiger partial charge in [-0.05, 0) is 31.9 Å². The van der Waals surface area contributed by atoms with Crippen molar-refractivity contribution in [3.8, 4) is 0 Å². The van der Waals surface area contributed by atoms with E-state index in [1.165, 1.54) is 41.7 Å². The van der Waals surface area contributed by atoms with E-state index in [9.17, 15) is 43.2 Å². The second-order valence-electron chi connectivity index (χ2n) is 13.1. The summed E-state index contributed by atoms with van der Waals surface area (Å²) >= 11 is 0. The zero-order valence-electron chi connectivity index (χ0n) is 36.6. The van der Waals surface area contributed by atoms with E-state index in [4.69, 9.17) is 45.9 Å². The van der Waals surface area contributed by atoms with Crippen LogP contribution in [0.15, 0.2) is 60.7 Å². The number of carboxylic acids is 3. The van der Waals surface area contributed by atoms with Crippen LogP contribution in [0.4, 0.5) is 0 Å². The fourth-order valence-electron chi connectivity index (χ4n) is 4.08. The van der Waals surface area contributed by atoms with Crippen LogP contribution >= 0.6 is 0 Å². The summed E-state index contributed by atoms with van der Waals surface area (Å²) in [6.45, 7) is 7.49. The molecular formula is C42H63N3O18. The van der Waals surface area contributed by atoms with Crippen molar-refractivity contribution >= 4 is 59.0 Å². The second-order valence-corrected chi connectivity index (χ2v) is 13.1. The number of carboxylic acid groups (broad SMARTS) is 3. The Morgan fingerprint density at radius 3 is 1.10 bits per heavy atom. The van der Waals surface area contributed by atoms with Gasteiger partial charge in [-0.2, -0.15) is 0 Å². The summed E-state index contributed by atoms with van der Waals surface area (Å²) in [6, 6.07) is 18.0. The molecule has 354 valence electrons. The Bertz CT molecular complexity index is 1660. The quantitative estimate of drug-likeness (QED) is 0.0691. The second kappa shape index (κ2) is 39.9. The van der Waals surface area contributed by atoms with E-state index in [0.717, 1.165) is 18.1 Å². The minimum absolute atomic E-state index is 0.00749. The number of ether oxygens (including phenoxy) is 2. The molecule has 0 unspecified atom stereocenters. The Labute approximate surface area is 366 Å². The predicted octanol–water partition coefficient (Wildman–Crippen LogP) is 0.671. The Kier molecular flexibility index (Phi) is 40.1. The summed E-state index contributed by atoms with van der Waals surface area (Å²) in [5.41, 5.74) is 6.78. The Morgan fingerprint density at radius 1 is 0.540 bits per heavy atom. The van der Waals surface area contributed by atoms with Crippen molar-refractivity contribution in [1.82, 2.24) is 10.6 Å². The lowest BCUT2D eigenvalue weighted by Crippen LogP contribution is -2.33. The first-order valence-corrected chi connectivity index (χ1v) is 18.9. The van der Waals surface area contributed by atoms with Gasteiger partial charge in [-0.25, -0.2) is 0 Å². The first-order valence-electron chi connectivity index (χ1n) is 18.9. The monoisotopic (exact) mass is 897 g/mol. The minimum Gasteiger partial charge on any atom is -0.481 e. The first kappa shape index (κ1) is 63.4. The highest BCUT2D eigenvalue weighted by Crippen LogP contribution is 2.07. The van der Waals surface area contributed by atoms with Crippen LogP contribution in [0.1, 0.15) is 71.9 Å². The molecule has 0 aliphatic heterocycles. The molecule has 0 aliphatic carbocycles. The first-order chi connectivity index (χ1) is 29.4. The van der Waals surface area contributed by atoms with E-state index in [0.29, 0.717) is 13.1 Å². The number of nitrogens with one attached hydrogen (secondary N) is 2. The molecule has 10 N–H and O–H groups in total. The molecule has 0 bridgehead atoms. The van der Waals surface area contributed by atoms with Gasteiger partial charge in [-0.15, -0.1) is 0 Å². The van der Waals surface area contributed by atoms with E-state index < -0.39 is 66.9 Å². The van der Waals surface area contributed by atoms with Crippen LogP contribution in [0.25, 0.3) is 0 Å². The molecule has 0 aromatic heterocycles. The third-order valence-electron chi connectivity index (χ3n) is 6.92. The number of amides is 2. The predicted molar refractivity (Wildman–Crippen MR) is 225 cm³/mol. The highest BCUT2D eigenvalue weighted by atomic mass is 16.6. The molecule has 0 fully saturated rings. The molecule has 0 aliphatic rings. The lowest BCUT2D eigenvalue weighted by Gasteiger charge is -2.14. The van der Waals surface area contributed by atoms with Gasteiger partial charge in [0, 0.05) is 60.2 Å². The maximum atomic E-state index is 11.9. The van der Waals surface area contributed by atoms with Crippen molar-refractivity contribution in [3.63, 3.8) is 0 Å². The van der Waals surface area contributed by atoms with Crippen molar-refractivity contribution in [2.24, 2.45) is 23.5 Å². The fourth-order valence-corrected chi connectivity index (χ4v) is 4.08. The summed E-state index contributed by atoms with van der Waals surface area (Å²) < 4.78 is 8.94. The number of aliphatic carboxylic acids is 3. The van der Waals surface area contributed by atoms with E-state index in [2.05, 4.69) is 15.4 Å². The standard InChI is InChI=1S/C14H19NO3.C13H17NO3.C6H10O4.C4H6O3.C3H7NO3.C2H4O2/c1-11(16)8-13(10-18-2)14(17)15-9-12-6-4-3-5-7-12;1-10(16)7-12(9-15)13(17)14-8-11-5-3-2-4-6-11;1-4(8)2-5(3-7)6(9)10;1-3(5)7-4(2)6;4-2(1-5)3(6)7;1-2(3)4/h3-7,13H,8-10H2,1-2H3,(H,15,17);2-6,12,15H,7-9H2,1H3,(H,14,17);5,7H,2-3H2,1H3,(H,9,10);1-2H3;2,5H,1,4H2,(H,6,7);1H3,(H,3,4)/t13-;12-;5-;;2-;/m111.1./s1. The van der Waals surface area contributed by atoms with Gasteiger partial charge in [0.2, 0.25) is 11.8 Å². The van der Waals surface area contributed by atoms with Gasteiger partial charge in [0.1, 0.15) is 23.4 Å². The Balaban J connectivity index is -0.000000355. The van der Waals surface area contributed by atoms with Crippen LogP contribution in [0, 0.1) is 17.8 Å². The molecule has 2 aromatic carbocycles. The van der Waals surface area contributed by atoms with Crippen LogP contribution in [0.2, 0.25) is 0 Å². The van der Waals surface area contributed by atoms with Gasteiger partial charge in [-0.3, -0.25) is 33.6 Å². The number of carbonyl (C=O) groups excluding carboxylic acids is 7. The Morgan fingerprint density at radius 2 is 0.873 bits per heavy atom. The summed E-state index contributed by atoms with van der Waals surface area (Å²) in [5.74, 6) is -7.00. The number of hydrogen-bond acceptors (Lipinski definition) is 16.